The van der Waals surface area contributed by atoms with Crippen molar-refractivity contribution in [3.8, 4) is 0 Å². The number of carbonyl (C=O) groups is 4. The van der Waals surface area contributed by atoms with Crippen LogP contribution in [0.5, 0.6) is 0 Å². The molecule has 2 saturated heterocycles. The van der Waals surface area contributed by atoms with Gasteiger partial charge in [0.25, 0.3) is 11.8 Å². The molecule has 3 unspecified atom stereocenters. The number of carboxylic acid groups (broad SMARTS) is 1. The SMILES string of the molecule is CC1(c2ccc(C(=O)NC(C(=O)O)C3CCCOC3)cc2)NC(=O)NC1=O. The zero-order valence-electron chi connectivity index (χ0n) is 14.8. The normalized spacial score (nSPS) is 26.0. The number of amides is 4. The van der Waals surface area contributed by atoms with Gasteiger partial charge in [0.15, 0.2) is 0 Å². The number of nitrogens with one attached hydrogen (secondary N) is 3. The van der Waals surface area contributed by atoms with E-state index >= 15 is 0 Å². The lowest BCUT2D eigenvalue weighted by molar-refractivity contribution is -0.142. The summed E-state index contributed by atoms with van der Waals surface area (Å²) in [7, 11) is 0. The second-order valence-electron chi connectivity index (χ2n) is 6.88. The Morgan fingerprint density at radius 3 is 2.52 bits per heavy atom. The molecule has 144 valence electrons. The molecule has 4 N–H and O–H groups in total. The summed E-state index contributed by atoms with van der Waals surface area (Å²) >= 11 is 0. The van der Waals surface area contributed by atoms with E-state index in [0.717, 1.165) is 6.42 Å². The second kappa shape index (κ2) is 7.36. The predicted octanol–water partition coefficient (Wildman–Crippen LogP) is 0.351. The number of carbonyl (C=O) groups excluding carboxylic acids is 3. The maximum absolute atomic E-state index is 12.5. The van der Waals surface area contributed by atoms with Crippen LogP contribution in [0.2, 0.25) is 0 Å². The number of urea groups is 1. The molecule has 0 saturated carbocycles. The molecule has 2 fully saturated rings. The van der Waals surface area contributed by atoms with Gasteiger partial charge in [0, 0.05) is 18.1 Å². The highest BCUT2D eigenvalue weighted by Crippen LogP contribution is 2.25. The Morgan fingerprint density at radius 2 is 2.00 bits per heavy atom. The zero-order chi connectivity index (χ0) is 19.6. The molecule has 1 aromatic carbocycles. The quantitative estimate of drug-likeness (QED) is 0.549. The van der Waals surface area contributed by atoms with Crippen molar-refractivity contribution in [2.24, 2.45) is 5.92 Å². The Balaban J connectivity index is 1.72. The van der Waals surface area contributed by atoms with E-state index in [1.54, 1.807) is 19.1 Å². The average molecular weight is 375 g/mol. The van der Waals surface area contributed by atoms with Crippen LogP contribution in [0.1, 0.15) is 35.7 Å². The molecule has 3 rings (SSSR count). The highest BCUT2D eigenvalue weighted by Gasteiger charge is 2.43. The molecule has 2 heterocycles. The van der Waals surface area contributed by atoms with Crippen molar-refractivity contribution in [2.75, 3.05) is 13.2 Å². The van der Waals surface area contributed by atoms with Crippen LogP contribution in [-0.4, -0.2) is 48.2 Å². The summed E-state index contributed by atoms with van der Waals surface area (Å²) in [6.07, 6.45) is 1.43. The number of carboxylic acids is 1. The van der Waals surface area contributed by atoms with E-state index in [0.29, 0.717) is 25.2 Å². The zero-order valence-corrected chi connectivity index (χ0v) is 14.8. The lowest BCUT2D eigenvalue weighted by Gasteiger charge is -2.28. The first-order chi connectivity index (χ1) is 12.8. The van der Waals surface area contributed by atoms with Gasteiger partial charge in [0.05, 0.1) is 6.61 Å². The maximum atomic E-state index is 12.5. The van der Waals surface area contributed by atoms with Gasteiger partial charge in [0.1, 0.15) is 11.6 Å². The van der Waals surface area contributed by atoms with E-state index in [1.807, 2.05) is 0 Å². The largest absolute Gasteiger partial charge is 0.480 e. The van der Waals surface area contributed by atoms with E-state index in [1.165, 1.54) is 12.1 Å². The number of hydrogen-bond acceptors (Lipinski definition) is 5. The second-order valence-corrected chi connectivity index (χ2v) is 6.88. The first-order valence-electron chi connectivity index (χ1n) is 8.67. The number of imide groups is 1. The van der Waals surface area contributed by atoms with Crippen LogP contribution in [0.3, 0.4) is 0 Å². The van der Waals surface area contributed by atoms with Crippen LogP contribution in [0.4, 0.5) is 4.79 Å². The van der Waals surface area contributed by atoms with Crippen molar-refractivity contribution in [1.82, 2.24) is 16.0 Å². The summed E-state index contributed by atoms with van der Waals surface area (Å²) in [5.74, 6) is -2.39. The molecule has 4 amide bonds. The summed E-state index contributed by atoms with van der Waals surface area (Å²) in [4.78, 5) is 47.4. The van der Waals surface area contributed by atoms with Gasteiger partial charge in [-0.25, -0.2) is 9.59 Å². The third-order valence-corrected chi connectivity index (χ3v) is 4.99. The Kier molecular flexibility index (Phi) is 5.13. The standard InChI is InChI=1S/C18H21N3O6/c1-18(16(25)20-17(26)21-18)12-6-4-10(5-7-12)14(22)19-13(15(23)24)11-3-2-8-27-9-11/h4-7,11,13H,2-3,8-9H2,1H3,(H,19,22)(H,23,24)(H2,20,21,25,26). The van der Waals surface area contributed by atoms with Gasteiger partial charge in [-0.15, -0.1) is 0 Å². The van der Waals surface area contributed by atoms with Crippen molar-refractivity contribution in [2.45, 2.75) is 31.3 Å². The highest BCUT2D eigenvalue weighted by molar-refractivity contribution is 6.07. The van der Waals surface area contributed by atoms with Gasteiger partial charge in [0.2, 0.25) is 0 Å². The lowest BCUT2D eigenvalue weighted by atomic mass is 9.91. The van der Waals surface area contributed by atoms with E-state index in [2.05, 4.69) is 16.0 Å². The highest BCUT2D eigenvalue weighted by atomic mass is 16.5. The molecule has 3 atom stereocenters. The molecule has 0 bridgehead atoms. The summed E-state index contributed by atoms with van der Waals surface area (Å²) in [5.41, 5.74) is -0.442. The predicted molar refractivity (Wildman–Crippen MR) is 92.9 cm³/mol. The van der Waals surface area contributed by atoms with Gasteiger partial charge in [-0.1, -0.05) is 12.1 Å². The lowest BCUT2D eigenvalue weighted by Crippen LogP contribution is -2.48. The van der Waals surface area contributed by atoms with Gasteiger partial charge in [-0.05, 0) is 37.5 Å². The fourth-order valence-corrected chi connectivity index (χ4v) is 3.34. The summed E-state index contributed by atoms with van der Waals surface area (Å²) in [6.45, 7) is 2.45. The van der Waals surface area contributed by atoms with Crippen LogP contribution < -0.4 is 16.0 Å². The molecule has 0 spiro atoms. The van der Waals surface area contributed by atoms with Crippen molar-refractivity contribution in [3.63, 3.8) is 0 Å². The molecule has 0 radical (unpaired) electrons. The third-order valence-electron chi connectivity index (χ3n) is 4.99. The molecule has 1 aromatic rings. The molecule has 2 aliphatic rings. The molecular formula is C18H21N3O6. The number of rotatable bonds is 5. The fraction of sp³-hybridized carbons (Fsp3) is 0.444. The first kappa shape index (κ1) is 18.8. The van der Waals surface area contributed by atoms with Gasteiger partial charge in [-0.3, -0.25) is 14.9 Å². The van der Waals surface area contributed by atoms with E-state index in [4.69, 9.17) is 4.74 Å². The summed E-state index contributed by atoms with van der Waals surface area (Å²) in [6, 6.07) is 4.48. The van der Waals surface area contributed by atoms with Crippen LogP contribution >= 0.6 is 0 Å². The Morgan fingerprint density at radius 1 is 1.30 bits per heavy atom. The van der Waals surface area contributed by atoms with E-state index < -0.39 is 35.4 Å². The molecule has 0 aromatic heterocycles. The molecule has 9 nitrogen and oxygen atoms in total. The summed E-state index contributed by atoms with van der Waals surface area (Å²) in [5, 5.41) is 16.7. The monoisotopic (exact) mass is 375 g/mol. The van der Waals surface area contributed by atoms with Gasteiger partial charge >= 0.3 is 12.0 Å². The van der Waals surface area contributed by atoms with Gasteiger partial charge < -0.3 is 20.5 Å². The molecule has 27 heavy (non-hydrogen) atoms. The number of ether oxygens (including phenoxy) is 1. The Bertz CT molecular complexity index is 772. The topological polar surface area (TPSA) is 134 Å². The smallest absolute Gasteiger partial charge is 0.326 e. The minimum absolute atomic E-state index is 0.259. The molecule has 2 aliphatic heterocycles. The minimum atomic E-state index is -1.21. The molecular weight excluding hydrogens is 354 g/mol. The maximum Gasteiger partial charge on any atom is 0.326 e. The third kappa shape index (κ3) is 3.77. The van der Waals surface area contributed by atoms with Crippen LogP contribution in [-0.2, 0) is 19.9 Å². The minimum Gasteiger partial charge on any atom is -0.480 e. The van der Waals surface area contributed by atoms with E-state index in [9.17, 15) is 24.3 Å². The molecule has 9 heteroatoms. The summed E-state index contributed by atoms with van der Waals surface area (Å²) < 4.78 is 5.32. The van der Waals surface area contributed by atoms with Crippen LogP contribution in [0.25, 0.3) is 0 Å². The van der Waals surface area contributed by atoms with Crippen LogP contribution in [0.15, 0.2) is 24.3 Å². The number of aliphatic carboxylic acids is 1. The average Bonchev–Trinajstić information content (AvgIpc) is 2.93. The van der Waals surface area contributed by atoms with Crippen LogP contribution in [0, 0.1) is 5.92 Å². The van der Waals surface area contributed by atoms with Gasteiger partial charge in [-0.2, -0.15) is 0 Å². The molecule has 0 aliphatic carbocycles. The van der Waals surface area contributed by atoms with Crippen molar-refractivity contribution in [3.05, 3.63) is 35.4 Å². The Hall–Kier alpha value is -2.94. The number of hydrogen-bond donors (Lipinski definition) is 4. The Labute approximate surface area is 155 Å². The van der Waals surface area contributed by atoms with Crippen molar-refractivity contribution in [1.29, 1.82) is 0 Å². The van der Waals surface area contributed by atoms with E-state index in [-0.39, 0.29) is 11.5 Å². The first-order valence-corrected chi connectivity index (χ1v) is 8.67. The van der Waals surface area contributed by atoms with Crippen molar-refractivity contribution >= 4 is 23.8 Å². The number of benzene rings is 1. The van der Waals surface area contributed by atoms with Crippen molar-refractivity contribution < 1.29 is 29.0 Å². The fourth-order valence-electron chi connectivity index (χ4n) is 3.34.